The highest BCUT2D eigenvalue weighted by Crippen LogP contribution is 2.35. The maximum Gasteiger partial charge on any atom is 0.142 e. The summed E-state index contributed by atoms with van der Waals surface area (Å²) in [6.45, 7) is 1.79. The van der Waals surface area contributed by atoms with E-state index in [0.29, 0.717) is 12.0 Å². The van der Waals surface area contributed by atoms with Gasteiger partial charge in [0.05, 0.1) is 11.1 Å². The van der Waals surface area contributed by atoms with Crippen molar-refractivity contribution in [3.63, 3.8) is 0 Å². The van der Waals surface area contributed by atoms with Gasteiger partial charge in [-0.1, -0.05) is 30.5 Å². The van der Waals surface area contributed by atoms with Crippen LogP contribution in [0.15, 0.2) is 18.2 Å². The van der Waals surface area contributed by atoms with Crippen molar-refractivity contribution in [2.75, 3.05) is 6.54 Å². The number of hydrogen-bond acceptors (Lipinski definition) is 2. The van der Waals surface area contributed by atoms with Crippen molar-refractivity contribution in [2.24, 2.45) is 5.92 Å². The highest BCUT2D eigenvalue weighted by atomic mass is 35.5. The molecule has 1 aromatic rings. The number of halogens is 2. The van der Waals surface area contributed by atoms with E-state index in [9.17, 15) is 9.50 Å². The summed E-state index contributed by atoms with van der Waals surface area (Å²) in [6, 6.07) is 5.52. The fourth-order valence-corrected chi connectivity index (χ4v) is 4.11. The predicted octanol–water partition coefficient (Wildman–Crippen LogP) is 3.99. The zero-order chi connectivity index (χ0) is 14.8. The van der Waals surface area contributed by atoms with E-state index in [2.05, 4.69) is 4.90 Å². The molecule has 3 unspecified atom stereocenters. The molecule has 2 aliphatic rings. The van der Waals surface area contributed by atoms with Crippen molar-refractivity contribution in [1.29, 1.82) is 0 Å². The third-order valence-electron chi connectivity index (χ3n) is 5.06. The standard InChI is InChI=1S/C17H23ClFNO/c18-14-8-7-12(10-15(14)19)11-20-9-2-1-5-16(20)13-4-3-6-17(13)21/h7-8,10,13,16-17,21H,1-6,9,11H2. The second-order valence-electron chi connectivity index (χ2n) is 6.44. The molecule has 0 radical (unpaired) electrons. The maximum absolute atomic E-state index is 13.6. The number of aliphatic hydroxyl groups is 1. The van der Waals surface area contributed by atoms with Gasteiger partial charge in [0, 0.05) is 18.5 Å². The van der Waals surface area contributed by atoms with Crippen molar-refractivity contribution >= 4 is 11.6 Å². The van der Waals surface area contributed by atoms with Gasteiger partial charge in [-0.25, -0.2) is 4.39 Å². The third-order valence-corrected chi connectivity index (χ3v) is 5.37. The van der Waals surface area contributed by atoms with Gasteiger partial charge in [0.1, 0.15) is 5.82 Å². The molecule has 1 aliphatic carbocycles. The molecule has 4 heteroatoms. The van der Waals surface area contributed by atoms with Crippen LogP contribution in [0.5, 0.6) is 0 Å². The number of benzene rings is 1. The zero-order valence-corrected chi connectivity index (χ0v) is 13.0. The van der Waals surface area contributed by atoms with Crippen LogP contribution in [-0.2, 0) is 6.54 Å². The van der Waals surface area contributed by atoms with Crippen LogP contribution in [0, 0.1) is 11.7 Å². The molecule has 1 N–H and O–H groups in total. The molecule has 116 valence electrons. The monoisotopic (exact) mass is 311 g/mol. The lowest BCUT2D eigenvalue weighted by Crippen LogP contribution is -2.45. The third kappa shape index (κ3) is 3.41. The van der Waals surface area contributed by atoms with Crippen molar-refractivity contribution in [1.82, 2.24) is 4.90 Å². The molecule has 2 nitrogen and oxygen atoms in total. The average Bonchev–Trinajstić information content (AvgIpc) is 2.90. The molecule has 2 fully saturated rings. The first kappa shape index (κ1) is 15.3. The number of likely N-dealkylation sites (tertiary alicyclic amines) is 1. The Labute approximate surface area is 130 Å². The van der Waals surface area contributed by atoms with Gasteiger partial charge in [-0.3, -0.25) is 4.90 Å². The van der Waals surface area contributed by atoms with Gasteiger partial charge in [0.2, 0.25) is 0 Å². The molecule has 0 bridgehead atoms. The highest BCUT2D eigenvalue weighted by molar-refractivity contribution is 6.30. The van der Waals surface area contributed by atoms with Crippen LogP contribution in [0.1, 0.15) is 44.1 Å². The van der Waals surface area contributed by atoms with Crippen molar-refractivity contribution in [2.45, 2.75) is 57.2 Å². The number of aliphatic hydroxyl groups excluding tert-OH is 1. The highest BCUT2D eigenvalue weighted by Gasteiger charge is 2.36. The Morgan fingerprint density at radius 3 is 2.76 bits per heavy atom. The van der Waals surface area contributed by atoms with Crippen molar-refractivity contribution in [3.05, 3.63) is 34.6 Å². The summed E-state index contributed by atoms with van der Waals surface area (Å²) < 4.78 is 13.6. The van der Waals surface area contributed by atoms with Gasteiger partial charge < -0.3 is 5.11 Å². The molecule has 1 saturated carbocycles. The van der Waals surface area contributed by atoms with Gasteiger partial charge in [0.25, 0.3) is 0 Å². The molecule has 0 spiro atoms. The lowest BCUT2D eigenvalue weighted by molar-refractivity contribution is 0.0312. The number of nitrogens with zero attached hydrogens (tertiary/aromatic N) is 1. The summed E-state index contributed by atoms with van der Waals surface area (Å²) in [7, 11) is 0. The van der Waals surface area contributed by atoms with E-state index >= 15 is 0 Å². The van der Waals surface area contributed by atoms with Crippen LogP contribution in [-0.4, -0.2) is 28.7 Å². The first-order chi connectivity index (χ1) is 10.1. The first-order valence-corrected chi connectivity index (χ1v) is 8.39. The van der Waals surface area contributed by atoms with Crippen LogP contribution < -0.4 is 0 Å². The number of piperidine rings is 1. The quantitative estimate of drug-likeness (QED) is 0.912. The summed E-state index contributed by atoms with van der Waals surface area (Å²) >= 11 is 5.75. The minimum Gasteiger partial charge on any atom is -0.393 e. The predicted molar refractivity (Wildman–Crippen MR) is 82.8 cm³/mol. The van der Waals surface area contributed by atoms with Gasteiger partial charge in [-0.15, -0.1) is 0 Å². The second kappa shape index (κ2) is 6.64. The van der Waals surface area contributed by atoms with Gasteiger partial charge in [-0.05, 0) is 49.9 Å². The van der Waals surface area contributed by atoms with Crippen LogP contribution in [0.25, 0.3) is 0 Å². The van der Waals surface area contributed by atoms with E-state index in [4.69, 9.17) is 11.6 Å². The summed E-state index contributed by atoms with van der Waals surface area (Å²) in [5.74, 6) is 0.0473. The Bertz CT molecular complexity index is 496. The summed E-state index contributed by atoms with van der Waals surface area (Å²) in [4.78, 5) is 2.44. The molecule has 0 amide bonds. The van der Waals surface area contributed by atoms with Crippen molar-refractivity contribution < 1.29 is 9.50 Å². The minimum absolute atomic E-state index is 0.155. The maximum atomic E-state index is 13.6. The van der Waals surface area contributed by atoms with E-state index in [1.807, 2.05) is 6.07 Å². The number of hydrogen-bond donors (Lipinski definition) is 1. The summed E-state index contributed by atoms with van der Waals surface area (Å²) in [5.41, 5.74) is 0.969. The first-order valence-electron chi connectivity index (χ1n) is 8.01. The van der Waals surface area contributed by atoms with Crippen molar-refractivity contribution in [3.8, 4) is 0 Å². The fraction of sp³-hybridized carbons (Fsp3) is 0.647. The van der Waals surface area contributed by atoms with Crippen LogP contribution in [0.3, 0.4) is 0 Å². The molecule has 3 rings (SSSR count). The zero-order valence-electron chi connectivity index (χ0n) is 12.3. The Kier molecular flexibility index (Phi) is 4.82. The Hall–Kier alpha value is -0.640. The van der Waals surface area contributed by atoms with E-state index < -0.39 is 0 Å². The summed E-state index contributed by atoms with van der Waals surface area (Å²) in [6.07, 6.45) is 6.61. The second-order valence-corrected chi connectivity index (χ2v) is 6.85. The molecule has 3 atom stereocenters. The van der Waals surface area contributed by atoms with E-state index in [1.54, 1.807) is 12.1 Å². The Morgan fingerprint density at radius 1 is 1.19 bits per heavy atom. The molecule has 1 aromatic carbocycles. The largest absolute Gasteiger partial charge is 0.393 e. The van der Waals surface area contributed by atoms with E-state index in [1.165, 1.54) is 12.8 Å². The molecule has 1 aliphatic heterocycles. The summed E-state index contributed by atoms with van der Waals surface area (Å²) in [5, 5.41) is 10.4. The average molecular weight is 312 g/mol. The molecule has 1 heterocycles. The van der Waals surface area contributed by atoms with Crippen LogP contribution in [0.4, 0.5) is 4.39 Å². The Morgan fingerprint density at radius 2 is 2.05 bits per heavy atom. The molecule has 0 aromatic heterocycles. The fourth-order valence-electron chi connectivity index (χ4n) is 3.99. The smallest absolute Gasteiger partial charge is 0.142 e. The Balaban J connectivity index is 1.73. The SMILES string of the molecule is OC1CCCC1C1CCCCN1Cc1ccc(Cl)c(F)c1. The van der Waals surface area contributed by atoms with E-state index in [0.717, 1.165) is 44.3 Å². The lowest BCUT2D eigenvalue weighted by Gasteiger charge is -2.40. The van der Waals surface area contributed by atoms with Gasteiger partial charge in [0.15, 0.2) is 0 Å². The van der Waals surface area contributed by atoms with Crippen LogP contribution in [0.2, 0.25) is 5.02 Å². The molecule has 21 heavy (non-hydrogen) atoms. The van der Waals surface area contributed by atoms with Crippen LogP contribution >= 0.6 is 11.6 Å². The molecular weight excluding hydrogens is 289 g/mol. The minimum atomic E-state index is -0.344. The normalized spacial score (nSPS) is 30.7. The molecular formula is C17H23ClFNO. The molecule has 1 saturated heterocycles. The van der Waals surface area contributed by atoms with Gasteiger partial charge in [-0.2, -0.15) is 0 Å². The van der Waals surface area contributed by atoms with E-state index in [-0.39, 0.29) is 16.9 Å². The topological polar surface area (TPSA) is 23.5 Å². The van der Waals surface area contributed by atoms with Gasteiger partial charge >= 0.3 is 0 Å². The number of rotatable bonds is 3. The lowest BCUT2D eigenvalue weighted by atomic mass is 9.87.